The highest BCUT2D eigenvalue weighted by molar-refractivity contribution is 6.37. The molecule has 0 saturated heterocycles. The van der Waals surface area contributed by atoms with Crippen LogP contribution in [-0.4, -0.2) is 23.4 Å². The first-order chi connectivity index (χ1) is 8.99. The summed E-state index contributed by atoms with van der Waals surface area (Å²) in [7, 11) is 0. The summed E-state index contributed by atoms with van der Waals surface area (Å²) in [5.74, 6) is -2.16. The monoisotopic (exact) mass is 267 g/mol. The van der Waals surface area contributed by atoms with Gasteiger partial charge in [-0.25, -0.2) is 4.79 Å². The van der Waals surface area contributed by atoms with E-state index in [-0.39, 0.29) is 24.5 Å². The average Bonchev–Trinajstić information content (AvgIpc) is 2.39. The number of nitro benzene ring substituents is 1. The van der Waals surface area contributed by atoms with Crippen molar-refractivity contribution in [2.45, 2.75) is 13.5 Å². The number of nitrogens with zero attached hydrogens (tertiary/aromatic N) is 1. The van der Waals surface area contributed by atoms with Gasteiger partial charge in [-0.1, -0.05) is 6.07 Å². The topological polar surface area (TPSA) is 125 Å². The van der Waals surface area contributed by atoms with Gasteiger partial charge in [-0.05, 0) is 18.6 Å². The Hall–Kier alpha value is -2.48. The van der Waals surface area contributed by atoms with Gasteiger partial charge in [-0.15, -0.1) is 0 Å². The van der Waals surface area contributed by atoms with Crippen LogP contribution in [0.25, 0.3) is 0 Å². The van der Waals surface area contributed by atoms with Gasteiger partial charge in [0.2, 0.25) is 0 Å². The Morgan fingerprint density at radius 1 is 1.47 bits per heavy atom. The molecule has 8 heteroatoms. The molecule has 0 aliphatic rings. The summed E-state index contributed by atoms with van der Waals surface area (Å²) in [4.78, 5) is 32.7. The Kier molecular flexibility index (Phi) is 4.95. The lowest BCUT2D eigenvalue weighted by Crippen LogP contribution is -2.25. The molecule has 1 aromatic carbocycles. The zero-order chi connectivity index (χ0) is 14.4. The van der Waals surface area contributed by atoms with E-state index in [9.17, 15) is 19.7 Å². The predicted octanol–water partition coefficient (Wildman–Crippen LogP) is 0.555. The number of rotatable bonds is 4. The second-order valence-electron chi connectivity index (χ2n) is 3.49. The molecule has 0 aliphatic carbocycles. The molecule has 102 valence electrons. The number of nitrogens with one attached hydrogen (secondary N) is 1. The number of anilines is 1. The fourth-order valence-corrected chi connectivity index (χ4v) is 1.33. The number of ether oxygens (including phenoxy) is 1. The van der Waals surface area contributed by atoms with E-state index >= 15 is 0 Å². The highest BCUT2D eigenvalue weighted by Crippen LogP contribution is 2.25. The lowest BCUT2D eigenvalue weighted by molar-refractivity contribution is -0.384. The average molecular weight is 267 g/mol. The third-order valence-corrected chi connectivity index (χ3v) is 2.20. The van der Waals surface area contributed by atoms with Crippen LogP contribution in [0.1, 0.15) is 12.5 Å². The van der Waals surface area contributed by atoms with Gasteiger partial charge < -0.3 is 15.8 Å². The summed E-state index contributed by atoms with van der Waals surface area (Å²) in [6, 6.07) is 4.08. The molecule has 19 heavy (non-hydrogen) atoms. The molecule has 0 heterocycles. The van der Waals surface area contributed by atoms with Gasteiger partial charge in [-0.2, -0.15) is 0 Å². The number of benzene rings is 1. The summed E-state index contributed by atoms with van der Waals surface area (Å²) in [6.45, 7) is 1.72. The van der Waals surface area contributed by atoms with Crippen molar-refractivity contribution in [3.63, 3.8) is 0 Å². The summed E-state index contributed by atoms with van der Waals surface area (Å²) in [6.07, 6.45) is 0. The highest BCUT2D eigenvalue weighted by Gasteiger charge is 2.21. The van der Waals surface area contributed by atoms with Crippen molar-refractivity contribution in [2.24, 2.45) is 5.73 Å². The molecule has 1 aromatic rings. The number of nitrogens with two attached hydrogens (primary N) is 1. The summed E-state index contributed by atoms with van der Waals surface area (Å²) in [5, 5.41) is 13.0. The molecule has 8 nitrogen and oxygen atoms in total. The van der Waals surface area contributed by atoms with Gasteiger partial charge in [0.25, 0.3) is 5.69 Å². The van der Waals surface area contributed by atoms with Crippen LogP contribution < -0.4 is 11.1 Å². The van der Waals surface area contributed by atoms with Crippen molar-refractivity contribution in [3.8, 4) is 0 Å². The Balaban J connectivity index is 2.97. The van der Waals surface area contributed by atoms with E-state index in [0.717, 1.165) is 0 Å². The smallest absolute Gasteiger partial charge is 0.397 e. The van der Waals surface area contributed by atoms with Crippen molar-refractivity contribution < 1.29 is 19.2 Å². The van der Waals surface area contributed by atoms with E-state index in [1.165, 1.54) is 18.2 Å². The standard InChI is InChI=1S/C11H13N3O5/c1-2-19-11(16)10(15)13-8-4-3-7(6-12)5-9(8)14(17)18/h3-5H,2,6,12H2,1H3,(H,13,15). The number of nitro groups is 1. The van der Waals surface area contributed by atoms with Gasteiger partial charge in [-0.3, -0.25) is 14.9 Å². The number of hydrogen-bond acceptors (Lipinski definition) is 6. The zero-order valence-electron chi connectivity index (χ0n) is 10.2. The van der Waals surface area contributed by atoms with E-state index in [2.05, 4.69) is 10.1 Å². The molecule has 0 saturated carbocycles. The minimum Gasteiger partial charge on any atom is -0.459 e. The van der Waals surface area contributed by atoms with E-state index in [1.807, 2.05) is 0 Å². The Morgan fingerprint density at radius 3 is 2.68 bits per heavy atom. The van der Waals surface area contributed by atoms with Crippen LogP contribution in [0, 0.1) is 10.1 Å². The van der Waals surface area contributed by atoms with Gasteiger partial charge in [0.05, 0.1) is 11.5 Å². The maximum atomic E-state index is 11.4. The molecule has 0 fully saturated rings. The molecule has 0 radical (unpaired) electrons. The van der Waals surface area contributed by atoms with Crippen molar-refractivity contribution >= 4 is 23.3 Å². The summed E-state index contributed by atoms with van der Waals surface area (Å²) < 4.78 is 4.48. The third kappa shape index (κ3) is 3.75. The van der Waals surface area contributed by atoms with Gasteiger partial charge in [0.15, 0.2) is 0 Å². The number of carbonyl (C=O) groups is 2. The molecule has 0 bridgehead atoms. The van der Waals surface area contributed by atoms with Crippen molar-refractivity contribution in [2.75, 3.05) is 11.9 Å². The lowest BCUT2D eigenvalue weighted by atomic mass is 10.1. The van der Waals surface area contributed by atoms with Crippen LogP contribution in [-0.2, 0) is 20.9 Å². The fourth-order valence-electron chi connectivity index (χ4n) is 1.33. The lowest BCUT2D eigenvalue weighted by Gasteiger charge is -2.06. The quantitative estimate of drug-likeness (QED) is 0.355. The predicted molar refractivity (Wildman–Crippen MR) is 66.3 cm³/mol. The molecule has 1 amide bonds. The third-order valence-electron chi connectivity index (χ3n) is 2.20. The zero-order valence-corrected chi connectivity index (χ0v) is 10.2. The molecular weight excluding hydrogens is 254 g/mol. The van der Waals surface area contributed by atoms with Crippen LogP contribution in [0.5, 0.6) is 0 Å². The SMILES string of the molecule is CCOC(=O)C(=O)Nc1ccc(CN)cc1[N+](=O)[O-]. The largest absolute Gasteiger partial charge is 0.459 e. The van der Waals surface area contributed by atoms with Gasteiger partial charge in [0.1, 0.15) is 5.69 Å². The van der Waals surface area contributed by atoms with Gasteiger partial charge in [0, 0.05) is 12.6 Å². The maximum Gasteiger partial charge on any atom is 0.397 e. The first kappa shape index (κ1) is 14.6. The number of hydrogen-bond donors (Lipinski definition) is 2. The van der Waals surface area contributed by atoms with Gasteiger partial charge >= 0.3 is 11.9 Å². The van der Waals surface area contributed by atoms with Crippen molar-refractivity contribution in [3.05, 3.63) is 33.9 Å². The normalized spacial score (nSPS) is 9.79. The molecular formula is C11H13N3O5. The molecule has 1 rings (SSSR count). The molecule has 0 aliphatic heterocycles. The van der Waals surface area contributed by atoms with Crippen molar-refractivity contribution in [1.29, 1.82) is 0 Å². The minimum absolute atomic E-state index is 0.0421. The molecule has 3 N–H and O–H groups in total. The number of esters is 1. The fraction of sp³-hybridized carbons (Fsp3) is 0.273. The first-order valence-corrected chi connectivity index (χ1v) is 5.45. The Labute approximate surface area is 108 Å². The van der Waals surface area contributed by atoms with E-state index in [0.29, 0.717) is 5.56 Å². The van der Waals surface area contributed by atoms with Crippen LogP contribution >= 0.6 is 0 Å². The van der Waals surface area contributed by atoms with E-state index in [4.69, 9.17) is 5.73 Å². The highest BCUT2D eigenvalue weighted by atomic mass is 16.6. The maximum absolute atomic E-state index is 11.4. The molecule has 0 atom stereocenters. The Morgan fingerprint density at radius 2 is 2.16 bits per heavy atom. The number of carbonyl (C=O) groups excluding carboxylic acids is 2. The van der Waals surface area contributed by atoms with E-state index < -0.39 is 16.8 Å². The Bertz CT molecular complexity index is 515. The summed E-state index contributed by atoms with van der Waals surface area (Å²) >= 11 is 0. The van der Waals surface area contributed by atoms with Crippen LogP contribution in [0.2, 0.25) is 0 Å². The van der Waals surface area contributed by atoms with Crippen LogP contribution in [0.3, 0.4) is 0 Å². The number of amides is 1. The second-order valence-corrected chi connectivity index (χ2v) is 3.49. The second kappa shape index (κ2) is 6.45. The first-order valence-electron chi connectivity index (χ1n) is 5.45. The van der Waals surface area contributed by atoms with Crippen LogP contribution in [0.15, 0.2) is 18.2 Å². The molecule has 0 unspecified atom stereocenters. The molecule has 0 spiro atoms. The summed E-state index contributed by atoms with van der Waals surface area (Å²) in [5.41, 5.74) is 5.50. The van der Waals surface area contributed by atoms with Crippen LogP contribution in [0.4, 0.5) is 11.4 Å². The minimum atomic E-state index is -1.10. The van der Waals surface area contributed by atoms with E-state index in [1.54, 1.807) is 6.92 Å². The van der Waals surface area contributed by atoms with Crippen molar-refractivity contribution in [1.82, 2.24) is 0 Å². The molecule has 0 aromatic heterocycles.